The molecule has 3 atom stereocenters. The second-order valence-corrected chi connectivity index (χ2v) is 5.85. The highest BCUT2D eigenvalue weighted by Gasteiger charge is 2.36. The summed E-state index contributed by atoms with van der Waals surface area (Å²) in [5.41, 5.74) is 6.72. The smallest absolute Gasteiger partial charge is 0.308 e. The van der Waals surface area contributed by atoms with Crippen LogP contribution in [0.25, 0.3) is 0 Å². The number of likely N-dealkylation sites (N-methyl/N-ethyl adjacent to an activating group) is 1. The number of carbonyl (C=O) groups excluding carboxylic acids is 2. The summed E-state index contributed by atoms with van der Waals surface area (Å²) in [5, 5.41) is 0. The Kier molecular flexibility index (Phi) is 4.44. The van der Waals surface area contributed by atoms with Gasteiger partial charge in [-0.15, -0.1) is 0 Å². The van der Waals surface area contributed by atoms with E-state index in [0.717, 1.165) is 0 Å². The van der Waals surface area contributed by atoms with Crippen molar-refractivity contribution in [3.63, 3.8) is 0 Å². The SMILES string of the molecule is COC(=O)C[C@H]1C=C[C@@H]2[C@@H](COc3ccc(N)cc3C(=O)N2C)O1. The predicted octanol–water partition coefficient (Wildman–Crippen LogP) is 0.988. The number of carbonyl (C=O) groups is 2. The number of benzene rings is 1. The van der Waals surface area contributed by atoms with Gasteiger partial charge in [0.15, 0.2) is 0 Å². The summed E-state index contributed by atoms with van der Waals surface area (Å²) in [6.07, 6.45) is 3.02. The molecule has 0 radical (unpaired) electrons. The Bertz CT molecular complexity index is 688. The van der Waals surface area contributed by atoms with Gasteiger partial charge in [-0.05, 0) is 18.2 Å². The number of hydrogen-bond acceptors (Lipinski definition) is 6. The molecule has 1 aromatic rings. The number of nitrogen functional groups attached to an aromatic ring is 1. The molecular formula is C17H20N2O5. The molecule has 2 heterocycles. The van der Waals surface area contributed by atoms with E-state index < -0.39 is 6.10 Å². The minimum Gasteiger partial charge on any atom is -0.490 e. The molecule has 1 aromatic carbocycles. The van der Waals surface area contributed by atoms with Crippen LogP contribution in [0.1, 0.15) is 16.8 Å². The topological polar surface area (TPSA) is 91.1 Å². The first kappa shape index (κ1) is 16.3. The van der Waals surface area contributed by atoms with Crippen molar-refractivity contribution < 1.29 is 23.8 Å². The third-order valence-electron chi connectivity index (χ3n) is 4.25. The second kappa shape index (κ2) is 6.52. The summed E-state index contributed by atoms with van der Waals surface area (Å²) in [7, 11) is 3.05. The number of anilines is 1. The zero-order chi connectivity index (χ0) is 17.3. The molecule has 0 spiro atoms. The van der Waals surface area contributed by atoms with Crippen molar-refractivity contribution >= 4 is 17.6 Å². The number of amides is 1. The molecule has 2 N–H and O–H groups in total. The Hall–Kier alpha value is -2.54. The first-order valence-corrected chi connectivity index (χ1v) is 7.69. The fourth-order valence-electron chi connectivity index (χ4n) is 2.93. The molecule has 7 nitrogen and oxygen atoms in total. The van der Waals surface area contributed by atoms with Crippen LogP contribution in [0.2, 0.25) is 0 Å². The molecule has 0 unspecified atom stereocenters. The molecule has 0 aliphatic carbocycles. The minimum absolute atomic E-state index is 0.126. The number of fused-ring (bicyclic) bond motifs is 2. The molecule has 2 aliphatic heterocycles. The largest absolute Gasteiger partial charge is 0.490 e. The normalized spacial score (nSPS) is 25.8. The third kappa shape index (κ3) is 3.07. The van der Waals surface area contributed by atoms with Gasteiger partial charge < -0.3 is 24.8 Å². The molecule has 0 aromatic heterocycles. The molecule has 24 heavy (non-hydrogen) atoms. The zero-order valence-corrected chi connectivity index (χ0v) is 13.6. The Morgan fingerprint density at radius 3 is 2.96 bits per heavy atom. The van der Waals surface area contributed by atoms with Crippen LogP contribution in [0.4, 0.5) is 5.69 Å². The third-order valence-corrected chi connectivity index (χ3v) is 4.25. The highest BCUT2D eigenvalue weighted by atomic mass is 16.5. The summed E-state index contributed by atoms with van der Waals surface area (Å²) in [6.45, 7) is 0.265. The van der Waals surface area contributed by atoms with Crippen LogP contribution in [-0.2, 0) is 14.3 Å². The van der Waals surface area contributed by atoms with Crippen LogP contribution in [-0.4, -0.2) is 55.8 Å². The van der Waals surface area contributed by atoms with E-state index >= 15 is 0 Å². The lowest BCUT2D eigenvalue weighted by Crippen LogP contribution is -2.51. The van der Waals surface area contributed by atoms with Crippen molar-refractivity contribution in [2.45, 2.75) is 24.7 Å². The van der Waals surface area contributed by atoms with E-state index in [-0.39, 0.29) is 37.0 Å². The number of nitrogens with two attached hydrogens (primary N) is 1. The van der Waals surface area contributed by atoms with Gasteiger partial charge in [0.1, 0.15) is 18.5 Å². The van der Waals surface area contributed by atoms with Gasteiger partial charge in [-0.25, -0.2) is 0 Å². The van der Waals surface area contributed by atoms with Gasteiger partial charge in [0.05, 0.1) is 31.2 Å². The van der Waals surface area contributed by atoms with Crippen molar-refractivity contribution in [2.75, 3.05) is 26.5 Å². The van der Waals surface area contributed by atoms with Gasteiger partial charge in [0.25, 0.3) is 5.91 Å². The summed E-state index contributed by atoms with van der Waals surface area (Å²) in [6, 6.07) is 4.71. The Morgan fingerprint density at radius 1 is 1.42 bits per heavy atom. The second-order valence-electron chi connectivity index (χ2n) is 5.85. The maximum absolute atomic E-state index is 12.7. The Morgan fingerprint density at radius 2 is 2.21 bits per heavy atom. The van der Waals surface area contributed by atoms with Crippen molar-refractivity contribution in [2.24, 2.45) is 0 Å². The van der Waals surface area contributed by atoms with Crippen molar-refractivity contribution in [3.8, 4) is 5.75 Å². The van der Waals surface area contributed by atoms with E-state index in [4.69, 9.17) is 15.2 Å². The molecule has 3 rings (SSSR count). The summed E-state index contributed by atoms with van der Waals surface area (Å²) < 4.78 is 16.4. The van der Waals surface area contributed by atoms with Crippen LogP contribution < -0.4 is 10.5 Å². The Labute approximate surface area is 140 Å². The molecule has 0 saturated carbocycles. The van der Waals surface area contributed by atoms with Gasteiger partial charge in [0, 0.05) is 12.7 Å². The lowest BCUT2D eigenvalue weighted by molar-refractivity contribution is -0.145. The fraction of sp³-hybridized carbons (Fsp3) is 0.412. The lowest BCUT2D eigenvalue weighted by atomic mass is 10.0. The summed E-state index contributed by atoms with van der Waals surface area (Å²) in [5.74, 6) is -0.0612. The van der Waals surface area contributed by atoms with Crippen LogP contribution in [0.15, 0.2) is 30.4 Å². The minimum atomic E-state index is -0.392. The van der Waals surface area contributed by atoms with Crippen LogP contribution in [0.3, 0.4) is 0 Å². The Balaban J connectivity index is 1.85. The van der Waals surface area contributed by atoms with E-state index in [1.807, 2.05) is 6.08 Å². The molecule has 0 bridgehead atoms. The standard InChI is InChI=1S/C17H20N2O5/c1-19-13-5-4-11(8-16(20)22-2)24-15(13)9-23-14-6-3-10(18)7-12(14)17(19)21/h3-7,11,13,15H,8-9,18H2,1-2H3/t11-,13-,15-/m1/s1. The number of hydrogen-bond donors (Lipinski definition) is 1. The van der Waals surface area contributed by atoms with Crippen LogP contribution >= 0.6 is 0 Å². The van der Waals surface area contributed by atoms with Gasteiger partial charge >= 0.3 is 5.97 Å². The predicted molar refractivity (Wildman–Crippen MR) is 86.7 cm³/mol. The first-order valence-electron chi connectivity index (χ1n) is 7.69. The molecule has 128 valence electrons. The first-order chi connectivity index (χ1) is 11.5. The average molecular weight is 332 g/mol. The van der Waals surface area contributed by atoms with E-state index in [1.54, 1.807) is 36.2 Å². The highest BCUT2D eigenvalue weighted by Crippen LogP contribution is 2.29. The number of nitrogens with zero attached hydrogens (tertiary/aromatic N) is 1. The monoisotopic (exact) mass is 332 g/mol. The number of ether oxygens (including phenoxy) is 3. The molecule has 0 fully saturated rings. The van der Waals surface area contributed by atoms with Gasteiger partial charge in [0.2, 0.25) is 0 Å². The van der Waals surface area contributed by atoms with Crippen molar-refractivity contribution in [1.29, 1.82) is 0 Å². The van der Waals surface area contributed by atoms with Crippen LogP contribution in [0, 0.1) is 0 Å². The van der Waals surface area contributed by atoms with E-state index in [1.165, 1.54) is 7.11 Å². The molecular weight excluding hydrogens is 312 g/mol. The van der Waals surface area contributed by atoms with Gasteiger partial charge in [-0.3, -0.25) is 9.59 Å². The number of methoxy groups -OCH3 is 1. The number of esters is 1. The summed E-state index contributed by atoms with van der Waals surface area (Å²) in [4.78, 5) is 25.8. The van der Waals surface area contributed by atoms with Gasteiger partial charge in [-0.2, -0.15) is 0 Å². The quantitative estimate of drug-likeness (QED) is 0.493. The molecule has 1 amide bonds. The zero-order valence-electron chi connectivity index (χ0n) is 13.6. The summed E-state index contributed by atoms with van der Waals surface area (Å²) >= 11 is 0. The van der Waals surface area contributed by atoms with E-state index in [2.05, 4.69) is 4.74 Å². The number of rotatable bonds is 2. The maximum Gasteiger partial charge on any atom is 0.308 e. The molecule has 7 heteroatoms. The lowest BCUT2D eigenvalue weighted by Gasteiger charge is -2.39. The van der Waals surface area contributed by atoms with Gasteiger partial charge in [-0.1, -0.05) is 12.2 Å². The maximum atomic E-state index is 12.7. The average Bonchev–Trinajstić information content (AvgIpc) is 2.58. The van der Waals surface area contributed by atoms with Crippen LogP contribution in [0.5, 0.6) is 5.75 Å². The molecule has 0 saturated heterocycles. The van der Waals surface area contributed by atoms with E-state index in [9.17, 15) is 9.59 Å². The fourth-order valence-corrected chi connectivity index (χ4v) is 2.93. The van der Waals surface area contributed by atoms with Crippen molar-refractivity contribution in [1.82, 2.24) is 4.90 Å². The highest BCUT2D eigenvalue weighted by molar-refractivity contribution is 5.98. The van der Waals surface area contributed by atoms with E-state index in [0.29, 0.717) is 17.0 Å². The molecule has 2 aliphatic rings. The van der Waals surface area contributed by atoms with Crippen molar-refractivity contribution in [3.05, 3.63) is 35.9 Å².